The highest BCUT2D eigenvalue weighted by Crippen LogP contribution is 2.33. The van der Waals surface area contributed by atoms with Crippen LogP contribution >= 0.6 is 0 Å². The van der Waals surface area contributed by atoms with Crippen molar-refractivity contribution in [3.05, 3.63) is 0 Å². The normalized spacial score (nSPS) is 12.1. The molecule has 0 saturated heterocycles. The number of unbranched alkanes of at least 4 members (excludes halogenated alkanes) is 1. The highest BCUT2D eigenvalue weighted by atomic mass is 16.2. The molecule has 0 aliphatic carbocycles. The SMILES string of the molecule is CCCCNC(=O)CCCNC(=O)C(C)(C)CC(C)(C)C. The lowest BCUT2D eigenvalue weighted by molar-refractivity contribution is -0.131. The van der Waals surface area contributed by atoms with Crippen molar-refractivity contribution in [2.24, 2.45) is 10.8 Å². The quantitative estimate of drug-likeness (QED) is 0.642. The molecule has 4 heteroatoms. The minimum Gasteiger partial charge on any atom is -0.356 e. The third-order valence-corrected chi connectivity index (χ3v) is 3.31. The molecule has 21 heavy (non-hydrogen) atoms. The fourth-order valence-electron chi connectivity index (χ4n) is 2.59. The average Bonchev–Trinajstić information content (AvgIpc) is 2.31. The molecule has 0 radical (unpaired) electrons. The van der Waals surface area contributed by atoms with E-state index in [0.717, 1.165) is 25.8 Å². The zero-order chi connectivity index (χ0) is 16.5. The third kappa shape index (κ3) is 10.3. The standard InChI is InChI=1S/C17H34N2O2/c1-7-8-11-18-14(20)10-9-12-19-15(21)17(5,6)13-16(2,3)4/h7-13H2,1-6H3,(H,18,20)(H,19,21). The Morgan fingerprint density at radius 1 is 0.905 bits per heavy atom. The summed E-state index contributed by atoms with van der Waals surface area (Å²) < 4.78 is 0. The minimum atomic E-state index is -0.373. The van der Waals surface area contributed by atoms with Gasteiger partial charge in [-0.3, -0.25) is 9.59 Å². The lowest BCUT2D eigenvalue weighted by atomic mass is 9.76. The number of hydrogen-bond donors (Lipinski definition) is 2. The number of amides is 2. The highest BCUT2D eigenvalue weighted by molar-refractivity contribution is 5.82. The Labute approximate surface area is 130 Å². The van der Waals surface area contributed by atoms with Gasteiger partial charge in [0.25, 0.3) is 0 Å². The molecule has 0 fully saturated rings. The van der Waals surface area contributed by atoms with Crippen LogP contribution in [0.3, 0.4) is 0 Å². The van der Waals surface area contributed by atoms with E-state index < -0.39 is 0 Å². The van der Waals surface area contributed by atoms with Crippen LogP contribution in [0.5, 0.6) is 0 Å². The molecule has 0 aromatic carbocycles. The van der Waals surface area contributed by atoms with Gasteiger partial charge in [-0.2, -0.15) is 0 Å². The molecular formula is C17H34N2O2. The van der Waals surface area contributed by atoms with Gasteiger partial charge in [-0.1, -0.05) is 48.0 Å². The zero-order valence-corrected chi connectivity index (χ0v) is 14.8. The number of rotatable bonds is 9. The predicted molar refractivity (Wildman–Crippen MR) is 88.0 cm³/mol. The smallest absolute Gasteiger partial charge is 0.225 e. The van der Waals surface area contributed by atoms with E-state index >= 15 is 0 Å². The fourth-order valence-corrected chi connectivity index (χ4v) is 2.59. The number of nitrogens with one attached hydrogen (secondary N) is 2. The van der Waals surface area contributed by atoms with Gasteiger partial charge in [0.05, 0.1) is 0 Å². The molecule has 0 bridgehead atoms. The maximum Gasteiger partial charge on any atom is 0.225 e. The molecule has 0 aliphatic heterocycles. The van der Waals surface area contributed by atoms with Crippen molar-refractivity contribution in [2.45, 2.75) is 73.6 Å². The van der Waals surface area contributed by atoms with Crippen molar-refractivity contribution in [1.82, 2.24) is 10.6 Å². The van der Waals surface area contributed by atoms with Crippen LogP contribution in [0.15, 0.2) is 0 Å². The summed E-state index contributed by atoms with van der Waals surface area (Å²) in [7, 11) is 0. The number of hydrogen-bond acceptors (Lipinski definition) is 2. The first-order chi connectivity index (χ1) is 9.58. The summed E-state index contributed by atoms with van der Waals surface area (Å²) >= 11 is 0. The molecule has 0 aromatic heterocycles. The number of carbonyl (C=O) groups excluding carboxylic acids is 2. The molecule has 2 N–H and O–H groups in total. The largest absolute Gasteiger partial charge is 0.356 e. The van der Waals surface area contributed by atoms with Crippen molar-refractivity contribution in [2.75, 3.05) is 13.1 Å². The van der Waals surface area contributed by atoms with E-state index in [-0.39, 0.29) is 22.6 Å². The van der Waals surface area contributed by atoms with Gasteiger partial charge < -0.3 is 10.6 Å². The van der Waals surface area contributed by atoms with Crippen LogP contribution in [-0.4, -0.2) is 24.9 Å². The van der Waals surface area contributed by atoms with Crippen molar-refractivity contribution in [3.63, 3.8) is 0 Å². The molecule has 0 unspecified atom stereocenters. The Hall–Kier alpha value is -1.06. The molecule has 0 atom stereocenters. The molecule has 0 saturated carbocycles. The summed E-state index contributed by atoms with van der Waals surface area (Å²) in [6, 6.07) is 0. The Morgan fingerprint density at radius 2 is 1.48 bits per heavy atom. The zero-order valence-electron chi connectivity index (χ0n) is 14.8. The van der Waals surface area contributed by atoms with Crippen LogP contribution in [-0.2, 0) is 9.59 Å². The molecule has 0 aliphatic rings. The Bertz CT molecular complexity index is 330. The Kier molecular flexibility index (Phi) is 8.60. The summed E-state index contributed by atoms with van der Waals surface area (Å²) in [4.78, 5) is 23.7. The maximum absolute atomic E-state index is 12.2. The van der Waals surface area contributed by atoms with Crippen LogP contribution in [0.2, 0.25) is 0 Å². The summed E-state index contributed by atoms with van der Waals surface area (Å²) in [5.74, 6) is 0.149. The van der Waals surface area contributed by atoms with Gasteiger partial charge in [-0.15, -0.1) is 0 Å². The lowest BCUT2D eigenvalue weighted by Gasteiger charge is -2.31. The van der Waals surface area contributed by atoms with E-state index in [0.29, 0.717) is 19.4 Å². The first kappa shape index (κ1) is 19.9. The molecule has 2 amide bonds. The van der Waals surface area contributed by atoms with Crippen molar-refractivity contribution in [1.29, 1.82) is 0 Å². The van der Waals surface area contributed by atoms with Crippen LogP contribution in [0.1, 0.15) is 73.6 Å². The molecule has 4 nitrogen and oxygen atoms in total. The van der Waals surface area contributed by atoms with Crippen molar-refractivity contribution in [3.8, 4) is 0 Å². The topological polar surface area (TPSA) is 58.2 Å². The predicted octanol–water partition coefficient (Wildman–Crippen LogP) is 3.26. The van der Waals surface area contributed by atoms with Gasteiger partial charge in [0, 0.05) is 24.9 Å². The summed E-state index contributed by atoms with van der Waals surface area (Å²) in [5.41, 5.74) is -0.248. The molecule has 0 spiro atoms. The second kappa shape index (κ2) is 9.06. The first-order valence-electron chi connectivity index (χ1n) is 8.13. The highest BCUT2D eigenvalue weighted by Gasteiger charge is 2.32. The van der Waals surface area contributed by atoms with E-state index in [4.69, 9.17) is 0 Å². The van der Waals surface area contributed by atoms with E-state index in [1.54, 1.807) is 0 Å². The van der Waals surface area contributed by atoms with Crippen LogP contribution in [0, 0.1) is 10.8 Å². The number of carbonyl (C=O) groups is 2. The molecule has 0 heterocycles. The van der Waals surface area contributed by atoms with Crippen molar-refractivity contribution >= 4 is 11.8 Å². The Morgan fingerprint density at radius 3 is 2.00 bits per heavy atom. The Balaban J connectivity index is 3.91. The fraction of sp³-hybridized carbons (Fsp3) is 0.882. The summed E-state index contributed by atoms with van der Waals surface area (Å²) in [5, 5.41) is 5.83. The second-order valence-electron chi connectivity index (χ2n) is 7.68. The monoisotopic (exact) mass is 298 g/mol. The van der Waals surface area contributed by atoms with Crippen LogP contribution in [0.4, 0.5) is 0 Å². The summed E-state index contributed by atoms with van der Waals surface area (Å²) in [6.07, 6.45) is 4.10. The lowest BCUT2D eigenvalue weighted by Crippen LogP contribution is -2.40. The van der Waals surface area contributed by atoms with Crippen LogP contribution in [0.25, 0.3) is 0 Å². The molecule has 0 rings (SSSR count). The van der Waals surface area contributed by atoms with E-state index in [1.807, 2.05) is 13.8 Å². The van der Waals surface area contributed by atoms with E-state index in [1.165, 1.54) is 0 Å². The average molecular weight is 298 g/mol. The van der Waals surface area contributed by atoms with Gasteiger partial charge in [0.15, 0.2) is 0 Å². The van der Waals surface area contributed by atoms with Gasteiger partial charge in [-0.25, -0.2) is 0 Å². The van der Waals surface area contributed by atoms with Gasteiger partial charge in [-0.05, 0) is 24.7 Å². The summed E-state index contributed by atoms with van der Waals surface area (Å²) in [6.45, 7) is 13.8. The molecule has 124 valence electrons. The second-order valence-corrected chi connectivity index (χ2v) is 7.68. The van der Waals surface area contributed by atoms with Crippen LogP contribution < -0.4 is 10.6 Å². The first-order valence-corrected chi connectivity index (χ1v) is 8.13. The van der Waals surface area contributed by atoms with Gasteiger partial charge >= 0.3 is 0 Å². The maximum atomic E-state index is 12.2. The van der Waals surface area contributed by atoms with Gasteiger partial charge in [0.1, 0.15) is 0 Å². The van der Waals surface area contributed by atoms with Gasteiger partial charge in [0.2, 0.25) is 11.8 Å². The van der Waals surface area contributed by atoms with Crippen molar-refractivity contribution < 1.29 is 9.59 Å². The molecular weight excluding hydrogens is 264 g/mol. The molecule has 0 aromatic rings. The van der Waals surface area contributed by atoms with E-state index in [9.17, 15) is 9.59 Å². The minimum absolute atomic E-state index is 0.0730. The van der Waals surface area contributed by atoms with E-state index in [2.05, 4.69) is 38.3 Å². The third-order valence-electron chi connectivity index (χ3n) is 3.31.